The third-order valence-corrected chi connectivity index (χ3v) is 3.77. The second kappa shape index (κ2) is 7.59. The van der Waals surface area contributed by atoms with Crippen molar-refractivity contribution in [3.63, 3.8) is 0 Å². The van der Waals surface area contributed by atoms with Crippen LogP contribution in [0.2, 0.25) is 0 Å². The fraction of sp³-hybridized carbons (Fsp3) is 0.556. The Morgan fingerprint density at radius 1 is 1.29 bits per heavy atom. The molecule has 1 N–H and O–H groups in total. The van der Waals surface area contributed by atoms with E-state index < -0.39 is 0 Å². The average molecular weight is 291 g/mol. The first-order chi connectivity index (χ1) is 9.74. The molecule has 1 aromatic carbocycles. The topological polar surface area (TPSA) is 23.5 Å². The number of nitrogens with zero attached hydrogens (tertiary/aromatic N) is 1. The maximum Gasteiger partial charge on any atom is 0.124 e. The van der Waals surface area contributed by atoms with Crippen LogP contribution in [0.15, 0.2) is 18.2 Å². The van der Waals surface area contributed by atoms with E-state index in [2.05, 4.69) is 51.5 Å². The molecule has 0 saturated heterocycles. The van der Waals surface area contributed by atoms with Gasteiger partial charge in [0.05, 0.1) is 6.61 Å². The fourth-order valence-electron chi connectivity index (χ4n) is 2.12. The lowest BCUT2D eigenvalue weighted by Gasteiger charge is -2.35. The van der Waals surface area contributed by atoms with E-state index in [1.165, 1.54) is 6.07 Å². The van der Waals surface area contributed by atoms with Gasteiger partial charge in [-0.1, -0.05) is 32.6 Å². The van der Waals surface area contributed by atoms with E-state index in [0.29, 0.717) is 24.6 Å². The zero-order valence-corrected chi connectivity index (χ0v) is 13.7. The van der Waals surface area contributed by atoms with Gasteiger partial charge in [0, 0.05) is 24.6 Å². The third-order valence-electron chi connectivity index (χ3n) is 3.77. The Morgan fingerprint density at radius 2 is 1.95 bits per heavy atom. The van der Waals surface area contributed by atoms with E-state index in [-0.39, 0.29) is 17.8 Å². The van der Waals surface area contributed by atoms with Crippen LogP contribution >= 0.6 is 0 Å². The quantitative estimate of drug-likeness (QED) is 0.859. The Hall–Kier alpha value is -1.37. The summed E-state index contributed by atoms with van der Waals surface area (Å²) in [5.74, 6) is 5.45. The molecule has 0 heterocycles. The third kappa shape index (κ3) is 5.87. The average Bonchev–Trinajstić information content (AvgIpc) is 2.36. The van der Waals surface area contributed by atoms with Crippen molar-refractivity contribution >= 4 is 0 Å². The molecule has 1 unspecified atom stereocenters. The van der Waals surface area contributed by atoms with Crippen molar-refractivity contribution in [1.82, 2.24) is 4.90 Å². The predicted octanol–water partition coefficient (Wildman–Crippen LogP) is 3.43. The van der Waals surface area contributed by atoms with E-state index in [0.717, 1.165) is 5.56 Å². The SMILES string of the molecule is CC(N(C)Cc1cc(F)cc(C#CCCO)c1)C(C)(C)C. The van der Waals surface area contributed by atoms with E-state index >= 15 is 0 Å². The summed E-state index contributed by atoms with van der Waals surface area (Å²) in [5.41, 5.74) is 1.75. The molecule has 0 aliphatic rings. The molecule has 0 aromatic heterocycles. The highest BCUT2D eigenvalue weighted by atomic mass is 19.1. The van der Waals surface area contributed by atoms with Crippen LogP contribution in [-0.4, -0.2) is 29.7 Å². The van der Waals surface area contributed by atoms with Gasteiger partial charge in [-0.3, -0.25) is 4.90 Å². The first-order valence-corrected chi connectivity index (χ1v) is 7.33. The van der Waals surface area contributed by atoms with Crippen molar-refractivity contribution in [2.45, 2.75) is 46.7 Å². The van der Waals surface area contributed by atoms with Gasteiger partial charge < -0.3 is 5.11 Å². The number of aliphatic hydroxyl groups excluding tert-OH is 1. The Bertz CT molecular complexity index is 522. The lowest BCUT2D eigenvalue weighted by atomic mass is 9.87. The molecule has 0 fully saturated rings. The molecule has 3 heteroatoms. The smallest absolute Gasteiger partial charge is 0.124 e. The van der Waals surface area contributed by atoms with Gasteiger partial charge in [-0.2, -0.15) is 0 Å². The Balaban J connectivity index is 2.87. The number of halogens is 1. The summed E-state index contributed by atoms with van der Waals surface area (Å²) in [6.45, 7) is 9.50. The van der Waals surface area contributed by atoms with Crippen LogP contribution < -0.4 is 0 Å². The molecule has 0 radical (unpaired) electrons. The second-order valence-electron chi connectivity index (χ2n) is 6.58. The highest BCUT2D eigenvalue weighted by Gasteiger charge is 2.23. The first kappa shape index (κ1) is 17.7. The number of aliphatic hydroxyl groups is 1. The molecular weight excluding hydrogens is 265 g/mol. The summed E-state index contributed by atoms with van der Waals surface area (Å²) in [7, 11) is 2.05. The number of hydrogen-bond donors (Lipinski definition) is 1. The van der Waals surface area contributed by atoms with Gasteiger partial charge in [0.25, 0.3) is 0 Å². The minimum absolute atomic E-state index is 0.0288. The number of benzene rings is 1. The zero-order chi connectivity index (χ0) is 16.0. The molecule has 0 aliphatic carbocycles. The van der Waals surface area contributed by atoms with E-state index in [4.69, 9.17) is 5.11 Å². The van der Waals surface area contributed by atoms with Gasteiger partial charge in [0.1, 0.15) is 5.82 Å². The largest absolute Gasteiger partial charge is 0.395 e. The van der Waals surface area contributed by atoms with Gasteiger partial charge in [0.2, 0.25) is 0 Å². The van der Waals surface area contributed by atoms with Gasteiger partial charge in [-0.05, 0) is 43.1 Å². The lowest BCUT2D eigenvalue weighted by molar-refractivity contribution is 0.134. The normalized spacial score (nSPS) is 13.0. The second-order valence-corrected chi connectivity index (χ2v) is 6.58. The van der Waals surface area contributed by atoms with E-state index in [9.17, 15) is 4.39 Å². The first-order valence-electron chi connectivity index (χ1n) is 7.33. The van der Waals surface area contributed by atoms with Gasteiger partial charge in [-0.25, -0.2) is 4.39 Å². The van der Waals surface area contributed by atoms with E-state index in [1.54, 1.807) is 6.07 Å². The van der Waals surface area contributed by atoms with Crippen molar-refractivity contribution in [2.24, 2.45) is 5.41 Å². The van der Waals surface area contributed by atoms with Crippen LogP contribution in [0.25, 0.3) is 0 Å². The molecule has 0 spiro atoms. The van der Waals surface area contributed by atoms with Crippen LogP contribution in [0.4, 0.5) is 4.39 Å². The summed E-state index contributed by atoms with van der Waals surface area (Å²) in [5, 5.41) is 8.73. The zero-order valence-electron chi connectivity index (χ0n) is 13.7. The molecule has 0 bridgehead atoms. The van der Waals surface area contributed by atoms with Crippen molar-refractivity contribution in [2.75, 3.05) is 13.7 Å². The van der Waals surface area contributed by atoms with Crippen molar-refractivity contribution < 1.29 is 9.50 Å². The van der Waals surface area contributed by atoms with Gasteiger partial charge in [0.15, 0.2) is 0 Å². The summed E-state index contributed by atoms with van der Waals surface area (Å²) in [6, 6.07) is 5.29. The molecule has 1 aromatic rings. The molecular formula is C18H26FNO. The Morgan fingerprint density at radius 3 is 2.52 bits per heavy atom. The standard InChI is InChI=1S/C18H26FNO/c1-14(18(2,3)4)20(5)13-16-10-15(8-6-7-9-21)11-17(19)12-16/h10-12,14,21H,7,9,13H2,1-5H3. The summed E-state index contributed by atoms with van der Waals surface area (Å²) >= 11 is 0. The summed E-state index contributed by atoms with van der Waals surface area (Å²) in [6.07, 6.45) is 0.410. The minimum Gasteiger partial charge on any atom is -0.395 e. The molecule has 116 valence electrons. The van der Waals surface area contributed by atoms with Crippen LogP contribution in [0.3, 0.4) is 0 Å². The Kier molecular flexibility index (Phi) is 6.39. The van der Waals surface area contributed by atoms with E-state index in [1.807, 2.05) is 6.07 Å². The van der Waals surface area contributed by atoms with Gasteiger partial charge >= 0.3 is 0 Å². The molecule has 0 aliphatic heterocycles. The van der Waals surface area contributed by atoms with Crippen LogP contribution in [0.5, 0.6) is 0 Å². The van der Waals surface area contributed by atoms with Crippen LogP contribution in [0.1, 0.15) is 45.2 Å². The fourth-order valence-corrected chi connectivity index (χ4v) is 2.12. The molecule has 21 heavy (non-hydrogen) atoms. The summed E-state index contributed by atoms with van der Waals surface area (Å²) in [4.78, 5) is 2.22. The maximum absolute atomic E-state index is 13.7. The monoisotopic (exact) mass is 291 g/mol. The highest BCUT2D eigenvalue weighted by Crippen LogP contribution is 2.24. The molecule has 1 rings (SSSR count). The van der Waals surface area contributed by atoms with Crippen LogP contribution in [0, 0.1) is 23.1 Å². The number of rotatable bonds is 4. The van der Waals surface area contributed by atoms with Crippen molar-refractivity contribution in [1.29, 1.82) is 0 Å². The van der Waals surface area contributed by atoms with Crippen LogP contribution in [-0.2, 0) is 6.54 Å². The molecule has 0 saturated carbocycles. The number of hydrogen-bond acceptors (Lipinski definition) is 2. The highest BCUT2D eigenvalue weighted by molar-refractivity contribution is 5.37. The maximum atomic E-state index is 13.7. The molecule has 0 amide bonds. The lowest BCUT2D eigenvalue weighted by Crippen LogP contribution is -2.38. The molecule has 1 atom stereocenters. The van der Waals surface area contributed by atoms with Crippen molar-refractivity contribution in [3.05, 3.63) is 35.1 Å². The van der Waals surface area contributed by atoms with Crippen molar-refractivity contribution in [3.8, 4) is 11.8 Å². The van der Waals surface area contributed by atoms with Gasteiger partial charge in [-0.15, -0.1) is 0 Å². The molecule has 2 nitrogen and oxygen atoms in total. The Labute approximate surface area is 128 Å². The minimum atomic E-state index is -0.266. The predicted molar refractivity (Wildman–Crippen MR) is 85.4 cm³/mol. The summed E-state index contributed by atoms with van der Waals surface area (Å²) < 4.78 is 13.7.